The number of benzene rings is 1. The summed E-state index contributed by atoms with van der Waals surface area (Å²) in [6, 6.07) is 6.43. The maximum absolute atomic E-state index is 15.0. The summed E-state index contributed by atoms with van der Waals surface area (Å²) in [4.78, 5) is 38.4. The highest BCUT2D eigenvalue weighted by Gasteiger charge is 2.31. The molecule has 0 bridgehead atoms. The zero-order valence-corrected chi connectivity index (χ0v) is 24.3. The average Bonchev–Trinajstić information content (AvgIpc) is 2.89. The lowest BCUT2D eigenvalue weighted by Crippen LogP contribution is -2.45. The van der Waals surface area contributed by atoms with E-state index in [0.717, 1.165) is 12.8 Å². The number of halogens is 2. The van der Waals surface area contributed by atoms with Gasteiger partial charge in [0.05, 0.1) is 16.1 Å². The predicted molar refractivity (Wildman–Crippen MR) is 150 cm³/mol. The topological polar surface area (TPSA) is 108 Å². The summed E-state index contributed by atoms with van der Waals surface area (Å²) in [5.74, 6) is -0.272. The lowest BCUT2D eigenvalue weighted by Gasteiger charge is -2.35. The highest BCUT2D eigenvalue weighted by atomic mass is 79.9. The Hall–Kier alpha value is -2.79. The molecular weight excluding hydrogens is 569 g/mol. The standard InChI is InChI=1S/C28H37BrFN5O4/c1-28(2,3)39-27(38)34-15-12-18(13-16-34)17-35(25(37)21-5-4-6-22(29)24(21)30)23-11-14-31-26(33-23)32-19-7-9-20(36)10-8-19/h4-6,11,14,18-20,36H,7-10,12-13,15-17H2,1-3H3,(H,31,32,33). The van der Waals surface area contributed by atoms with Crippen molar-refractivity contribution in [2.75, 3.05) is 29.9 Å². The van der Waals surface area contributed by atoms with Crippen molar-refractivity contribution in [1.82, 2.24) is 14.9 Å². The molecule has 2 amide bonds. The van der Waals surface area contributed by atoms with Gasteiger partial charge in [-0.15, -0.1) is 0 Å². The molecule has 1 aliphatic heterocycles. The Morgan fingerprint density at radius 2 is 1.85 bits per heavy atom. The number of hydrogen-bond acceptors (Lipinski definition) is 7. The number of anilines is 2. The quantitative estimate of drug-likeness (QED) is 0.454. The van der Waals surface area contributed by atoms with E-state index in [1.165, 1.54) is 11.0 Å². The largest absolute Gasteiger partial charge is 0.444 e. The van der Waals surface area contributed by atoms with Gasteiger partial charge in [0.2, 0.25) is 5.95 Å². The number of carbonyl (C=O) groups excluding carboxylic acids is 2. The van der Waals surface area contributed by atoms with Crippen LogP contribution in [0, 0.1) is 11.7 Å². The van der Waals surface area contributed by atoms with Crippen LogP contribution in [0.1, 0.15) is 69.7 Å². The molecule has 1 aliphatic carbocycles. The number of rotatable bonds is 6. The van der Waals surface area contributed by atoms with Gasteiger partial charge in [0.1, 0.15) is 17.2 Å². The summed E-state index contributed by atoms with van der Waals surface area (Å²) >= 11 is 3.18. The zero-order chi connectivity index (χ0) is 28.2. The summed E-state index contributed by atoms with van der Waals surface area (Å²) in [5.41, 5.74) is -0.619. The van der Waals surface area contributed by atoms with Crippen molar-refractivity contribution in [2.24, 2.45) is 5.92 Å². The number of hydrogen-bond donors (Lipinski definition) is 2. The minimum Gasteiger partial charge on any atom is -0.444 e. The monoisotopic (exact) mass is 605 g/mol. The van der Waals surface area contributed by atoms with E-state index in [-0.39, 0.29) is 34.2 Å². The summed E-state index contributed by atoms with van der Waals surface area (Å²) in [6.45, 7) is 6.85. The van der Waals surface area contributed by atoms with Crippen LogP contribution in [0.3, 0.4) is 0 Å². The van der Waals surface area contributed by atoms with E-state index in [1.807, 2.05) is 20.8 Å². The predicted octanol–water partition coefficient (Wildman–Crippen LogP) is 5.39. The first-order valence-electron chi connectivity index (χ1n) is 13.5. The number of likely N-dealkylation sites (tertiary alicyclic amines) is 1. The number of aliphatic hydroxyl groups is 1. The van der Waals surface area contributed by atoms with Gasteiger partial charge in [-0.3, -0.25) is 9.69 Å². The van der Waals surface area contributed by atoms with Gasteiger partial charge in [0.25, 0.3) is 5.91 Å². The minimum absolute atomic E-state index is 0.0510. The van der Waals surface area contributed by atoms with Gasteiger partial charge in [-0.25, -0.2) is 14.2 Å². The lowest BCUT2D eigenvalue weighted by molar-refractivity contribution is 0.0185. The molecule has 39 heavy (non-hydrogen) atoms. The summed E-state index contributed by atoms with van der Waals surface area (Å²) in [6.07, 6.45) is 5.35. The summed E-state index contributed by atoms with van der Waals surface area (Å²) in [7, 11) is 0. The van der Waals surface area contributed by atoms with Crippen LogP contribution in [0.5, 0.6) is 0 Å². The van der Waals surface area contributed by atoms with Crippen LogP contribution < -0.4 is 10.2 Å². The van der Waals surface area contributed by atoms with Crippen LogP contribution in [0.4, 0.5) is 21.0 Å². The second-order valence-corrected chi connectivity index (χ2v) is 12.2. The molecule has 2 N–H and O–H groups in total. The molecule has 9 nitrogen and oxygen atoms in total. The molecule has 4 rings (SSSR count). The SMILES string of the molecule is CC(C)(C)OC(=O)N1CCC(CN(C(=O)c2cccc(Br)c2F)c2ccnc(NC3CCC(O)CC3)n2)CC1. The van der Waals surface area contributed by atoms with Crippen LogP contribution in [-0.2, 0) is 4.74 Å². The number of aromatic nitrogens is 2. The Kier molecular flexibility index (Phi) is 9.43. The van der Waals surface area contributed by atoms with Gasteiger partial charge in [-0.1, -0.05) is 6.07 Å². The summed E-state index contributed by atoms with van der Waals surface area (Å²) in [5, 5.41) is 13.1. The molecule has 0 radical (unpaired) electrons. The van der Waals surface area contributed by atoms with E-state index in [4.69, 9.17) is 4.74 Å². The molecule has 1 aromatic carbocycles. The molecule has 0 atom stereocenters. The third kappa shape index (κ3) is 7.88. The fourth-order valence-electron chi connectivity index (χ4n) is 4.95. The van der Waals surface area contributed by atoms with Crippen molar-refractivity contribution in [3.63, 3.8) is 0 Å². The molecule has 2 fully saturated rings. The fraction of sp³-hybridized carbons (Fsp3) is 0.571. The van der Waals surface area contributed by atoms with Gasteiger partial charge in [0.15, 0.2) is 0 Å². The first kappa shape index (κ1) is 29.2. The van der Waals surface area contributed by atoms with Gasteiger partial charge in [-0.2, -0.15) is 4.98 Å². The van der Waals surface area contributed by atoms with Crippen LogP contribution >= 0.6 is 15.9 Å². The maximum atomic E-state index is 15.0. The van der Waals surface area contributed by atoms with Gasteiger partial charge >= 0.3 is 6.09 Å². The molecule has 1 saturated carbocycles. The number of ether oxygens (including phenoxy) is 1. The first-order valence-corrected chi connectivity index (χ1v) is 14.3. The second-order valence-electron chi connectivity index (χ2n) is 11.3. The Morgan fingerprint density at radius 3 is 2.51 bits per heavy atom. The third-order valence-corrected chi connectivity index (χ3v) is 7.69. The fourth-order valence-corrected chi connectivity index (χ4v) is 5.32. The molecule has 2 heterocycles. The Balaban J connectivity index is 1.52. The highest BCUT2D eigenvalue weighted by molar-refractivity contribution is 9.10. The lowest BCUT2D eigenvalue weighted by atomic mass is 9.93. The average molecular weight is 607 g/mol. The Morgan fingerprint density at radius 1 is 1.15 bits per heavy atom. The Bertz CT molecular complexity index is 1160. The summed E-state index contributed by atoms with van der Waals surface area (Å²) < 4.78 is 20.7. The van der Waals surface area contributed by atoms with Gasteiger partial charge < -0.3 is 20.1 Å². The molecule has 2 aliphatic rings. The first-order chi connectivity index (χ1) is 18.5. The van der Waals surface area contributed by atoms with E-state index in [9.17, 15) is 19.1 Å². The zero-order valence-electron chi connectivity index (χ0n) is 22.7. The normalized spacial score (nSPS) is 20.4. The molecule has 11 heteroatoms. The van der Waals surface area contributed by atoms with E-state index in [2.05, 4.69) is 31.2 Å². The van der Waals surface area contributed by atoms with Crippen molar-refractivity contribution in [3.8, 4) is 0 Å². The van der Waals surface area contributed by atoms with Crippen LogP contribution in [0.2, 0.25) is 0 Å². The van der Waals surface area contributed by atoms with Gasteiger partial charge in [0, 0.05) is 31.9 Å². The molecule has 0 unspecified atom stereocenters. The molecule has 212 valence electrons. The molecule has 2 aromatic rings. The van der Waals surface area contributed by atoms with Crippen LogP contribution in [-0.4, -0.2) is 69.4 Å². The molecule has 1 aromatic heterocycles. The van der Waals surface area contributed by atoms with E-state index >= 15 is 0 Å². The number of nitrogens with one attached hydrogen (secondary N) is 1. The molecular formula is C28H37BrFN5O4. The second kappa shape index (κ2) is 12.6. The Labute approximate surface area is 237 Å². The van der Waals surface area contributed by atoms with E-state index < -0.39 is 17.3 Å². The van der Waals surface area contributed by atoms with Crippen molar-refractivity contribution < 1.29 is 23.8 Å². The maximum Gasteiger partial charge on any atom is 0.410 e. The highest BCUT2D eigenvalue weighted by Crippen LogP contribution is 2.27. The van der Waals surface area contributed by atoms with Crippen molar-refractivity contribution in [1.29, 1.82) is 0 Å². The van der Waals surface area contributed by atoms with Crippen LogP contribution in [0.15, 0.2) is 34.9 Å². The number of piperidine rings is 1. The van der Waals surface area contributed by atoms with Crippen LogP contribution in [0.25, 0.3) is 0 Å². The number of aliphatic hydroxyl groups excluding tert-OH is 1. The van der Waals surface area contributed by atoms with E-state index in [1.54, 1.807) is 29.3 Å². The number of carbonyl (C=O) groups is 2. The smallest absolute Gasteiger partial charge is 0.410 e. The van der Waals surface area contributed by atoms with E-state index in [0.29, 0.717) is 57.1 Å². The van der Waals surface area contributed by atoms with Crippen molar-refractivity contribution in [2.45, 2.75) is 77.0 Å². The molecule has 0 spiro atoms. The molecule has 1 saturated heterocycles. The number of amides is 2. The third-order valence-electron chi connectivity index (χ3n) is 7.08. The van der Waals surface area contributed by atoms with Gasteiger partial charge in [-0.05, 0) is 99.3 Å². The van der Waals surface area contributed by atoms with Crippen molar-refractivity contribution in [3.05, 3.63) is 46.3 Å². The van der Waals surface area contributed by atoms with Crippen molar-refractivity contribution >= 4 is 39.7 Å². The number of nitrogens with zero attached hydrogens (tertiary/aromatic N) is 4. The minimum atomic E-state index is -0.625.